The molecule has 0 aromatic rings. The van der Waals surface area contributed by atoms with E-state index in [9.17, 15) is 0 Å². The van der Waals surface area contributed by atoms with Gasteiger partial charge >= 0.3 is 0 Å². The molecule has 0 radical (unpaired) electrons. The molecule has 0 fully saturated rings. The lowest BCUT2D eigenvalue weighted by atomic mass is 10.2. The van der Waals surface area contributed by atoms with E-state index in [0.717, 1.165) is 5.57 Å². The highest BCUT2D eigenvalue weighted by Crippen LogP contribution is 2.00. The Morgan fingerprint density at radius 3 is 2.75 bits per heavy atom. The van der Waals surface area contributed by atoms with Crippen LogP contribution in [0.25, 0.3) is 0 Å². The van der Waals surface area contributed by atoms with Gasteiger partial charge in [-0.2, -0.15) is 0 Å². The first-order valence-electron chi connectivity index (χ1n) is 2.64. The number of hydrogen-bond donors (Lipinski definition) is 2. The van der Waals surface area contributed by atoms with Gasteiger partial charge in [0.25, 0.3) is 0 Å². The van der Waals surface area contributed by atoms with Crippen LogP contribution in [0.2, 0.25) is 0 Å². The second-order valence-electron chi connectivity index (χ2n) is 1.97. The Hall–Kier alpha value is -0.760. The van der Waals surface area contributed by atoms with Crippen LogP contribution in [-0.4, -0.2) is 6.04 Å². The Kier molecular flexibility index (Phi) is 1.35. The zero-order valence-electron chi connectivity index (χ0n) is 4.94. The van der Waals surface area contributed by atoms with Crippen molar-refractivity contribution in [2.45, 2.75) is 13.0 Å². The number of rotatable bonds is 1. The summed E-state index contributed by atoms with van der Waals surface area (Å²) in [6.45, 7) is 5.78. The van der Waals surface area contributed by atoms with Crippen molar-refractivity contribution in [3.63, 3.8) is 0 Å². The summed E-state index contributed by atoms with van der Waals surface area (Å²) in [5, 5.41) is 0. The van der Waals surface area contributed by atoms with Gasteiger partial charge in [-0.05, 0) is 13.0 Å². The van der Waals surface area contributed by atoms with Gasteiger partial charge in [-0.1, -0.05) is 12.2 Å². The Morgan fingerprint density at radius 1 is 1.75 bits per heavy atom. The third-order valence-corrected chi connectivity index (χ3v) is 1.14. The van der Waals surface area contributed by atoms with Crippen molar-refractivity contribution < 1.29 is 0 Å². The van der Waals surface area contributed by atoms with E-state index in [-0.39, 0.29) is 0 Å². The van der Waals surface area contributed by atoms with E-state index in [4.69, 9.17) is 0 Å². The summed E-state index contributed by atoms with van der Waals surface area (Å²) in [5.74, 6) is 0. The van der Waals surface area contributed by atoms with Gasteiger partial charge in [-0.3, -0.25) is 0 Å². The van der Waals surface area contributed by atoms with Crippen molar-refractivity contribution >= 4 is 0 Å². The van der Waals surface area contributed by atoms with E-state index in [1.165, 1.54) is 0 Å². The van der Waals surface area contributed by atoms with Crippen LogP contribution < -0.4 is 10.9 Å². The van der Waals surface area contributed by atoms with E-state index in [1.807, 2.05) is 19.2 Å². The first kappa shape index (κ1) is 5.38. The predicted octanol–water partition coefficient (Wildman–Crippen LogP) is 0.553. The van der Waals surface area contributed by atoms with Crippen LogP contribution in [0.3, 0.4) is 0 Å². The smallest absolute Gasteiger partial charge is 0.0662 e. The molecule has 0 saturated heterocycles. The average Bonchev–Trinajstić information content (AvgIpc) is 2.12. The molecule has 1 atom stereocenters. The summed E-state index contributed by atoms with van der Waals surface area (Å²) in [7, 11) is 0. The van der Waals surface area contributed by atoms with Gasteiger partial charge < -0.3 is 5.43 Å². The van der Waals surface area contributed by atoms with Crippen LogP contribution in [0, 0.1) is 0 Å². The molecular weight excluding hydrogens is 100 g/mol. The molecule has 1 heterocycles. The highest BCUT2D eigenvalue weighted by Gasteiger charge is 2.05. The molecule has 1 aliphatic rings. The van der Waals surface area contributed by atoms with E-state index in [0.29, 0.717) is 6.04 Å². The Balaban J connectivity index is 2.48. The van der Waals surface area contributed by atoms with Gasteiger partial charge in [0.15, 0.2) is 0 Å². The van der Waals surface area contributed by atoms with E-state index < -0.39 is 0 Å². The van der Waals surface area contributed by atoms with Gasteiger partial charge in [-0.15, -0.1) is 0 Å². The number of nitrogens with one attached hydrogen (secondary N) is 2. The SMILES string of the molecule is C=C(C)C1C=CNN1. The van der Waals surface area contributed by atoms with Crippen LogP contribution >= 0.6 is 0 Å². The van der Waals surface area contributed by atoms with Crippen LogP contribution in [0.1, 0.15) is 6.92 Å². The minimum Gasteiger partial charge on any atom is -0.328 e. The van der Waals surface area contributed by atoms with E-state index in [2.05, 4.69) is 17.4 Å². The minimum absolute atomic E-state index is 0.329. The fourth-order valence-corrected chi connectivity index (χ4v) is 0.618. The molecule has 2 nitrogen and oxygen atoms in total. The third kappa shape index (κ3) is 0.898. The number of hydrogen-bond acceptors (Lipinski definition) is 2. The normalized spacial score (nSPS) is 25.4. The maximum atomic E-state index is 3.78. The molecular formula is C6H10N2. The van der Waals surface area contributed by atoms with Crippen molar-refractivity contribution in [3.05, 3.63) is 24.4 Å². The third-order valence-electron chi connectivity index (χ3n) is 1.14. The maximum absolute atomic E-state index is 3.78. The molecule has 2 heteroatoms. The van der Waals surface area contributed by atoms with Crippen molar-refractivity contribution in [1.29, 1.82) is 0 Å². The summed E-state index contributed by atoms with van der Waals surface area (Å²) < 4.78 is 0. The molecule has 44 valence electrons. The van der Waals surface area contributed by atoms with Crippen LogP contribution in [0.15, 0.2) is 24.4 Å². The van der Waals surface area contributed by atoms with Crippen LogP contribution in [0.5, 0.6) is 0 Å². The zero-order valence-corrected chi connectivity index (χ0v) is 4.94. The largest absolute Gasteiger partial charge is 0.328 e. The summed E-state index contributed by atoms with van der Waals surface area (Å²) in [5.41, 5.74) is 6.99. The molecule has 8 heavy (non-hydrogen) atoms. The van der Waals surface area contributed by atoms with E-state index in [1.54, 1.807) is 0 Å². The molecule has 1 rings (SSSR count). The quantitative estimate of drug-likeness (QED) is 0.482. The molecule has 2 N–H and O–H groups in total. The van der Waals surface area contributed by atoms with Crippen molar-refractivity contribution in [1.82, 2.24) is 10.9 Å². The molecule has 1 unspecified atom stereocenters. The Morgan fingerprint density at radius 2 is 2.50 bits per heavy atom. The molecule has 0 saturated carbocycles. The van der Waals surface area contributed by atoms with Crippen molar-refractivity contribution in [3.8, 4) is 0 Å². The molecule has 0 aromatic heterocycles. The highest BCUT2D eigenvalue weighted by molar-refractivity contribution is 5.14. The lowest BCUT2D eigenvalue weighted by Crippen LogP contribution is -2.30. The van der Waals surface area contributed by atoms with Gasteiger partial charge in [-0.25, -0.2) is 5.43 Å². The van der Waals surface area contributed by atoms with Crippen molar-refractivity contribution in [2.75, 3.05) is 0 Å². The predicted molar refractivity (Wildman–Crippen MR) is 34.0 cm³/mol. The van der Waals surface area contributed by atoms with Gasteiger partial charge in [0, 0.05) is 6.20 Å². The first-order chi connectivity index (χ1) is 3.80. The first-order valence-corrected chi connectivity index (χ1v) is 2.64. The Labute approximate surface area is 49.2 Å². The van der Waals surface area contributed by atoms with Gasteiger partial charge in [0.2, 0.25) is 0 Å². The fourth-order valence-electron chi connectivity index (χ4n) is 0.618. The molecule has 0 amide bonds. The Bertz CT molecular complexity index is 126. The number of hydrazine groups is 1. The van der Waals surface area contributed by atoms with Crippen molar-refractivity contribution in [2.24, 2.45) is 0 Å². The molecule has 1 aliphatic heterocycles. The average molecular weight is 110 g/mol. The summed E-state index contributed by atoms with van der Waals surface area (Å²) in [4.78, 5) is 0. The zero-order chi connectivity index (χ0) is 5.98. The summed E-state index contributed by atoms with van der Waals surface area (Å²) >= 11 is 0. The summed E-state index contributed by atoms with van der Waals surface area (Å²) in [6.07, 6.45) is 3.90. The molecule has 0 aliphatic carbocycles. The molecule has 0 bridgehead atoms. The lowest BCUT2D eigenvalue weighted by molar-refractivity contribution is 0.638. The van der Waals surface area contributed by atoms with Gasteiger partial charge in [0.1, 0.15) is 0 Å². The van der Waals surface area contributed by atoms with Crippen LogP contribution in [-0.2, 0) is 0 Å². The second-order valence-corrected chi connectivity index (χ2v) is 1.97. The monoisotopic (exact) mass is 110 g/mol. The van der Waals surface area contributed by atoms with Gasteiger partial charge in [0.05, 0.1) is 6.04 Å². The minimum atomic E-state index is 0.329. The topological polar surface area (TPSA) is 24.1 Å². The second kappa shape index (κ2) is 2.01. The summed E-state index contributed by atoms with van der Waals surface area (Å²) in [6, 6.07) is 0.329. The van der Waals surface area contributed by atoms with Crippen LogP contribution in [0.4, 0.5) is 0 Å². The molecule has 0 aromatic carbocycles. The fraction of sp³-hybridized carbons (Fsp3) is 0.333. The van der Waals surface area contributed by atoms with E-state index >= 15 is 0 Å². The molecule has 0 spiro atoms. The maximum Gasteiger partial charge on any atom is 0.0662 e. The highest BCUT2D eigenvalue weighted by atomic mass is 15.4. The standard InChI is InChI=1S/C6H10N2/c1-5(2)6-3-4-7-8-6/h3-4,6-8H,1H2,2H3. The lowest BCUT2D eigenvalue weighted by Gasteiger charge is -2.05.